The van der Waals surface area contributed by atoms with Gasteiger partial charge in [0.1, 0.15) is 0 Å². The van der Waals surface area contributed by atoms with E-state index in [1.807, 2.05) is 5.38 Å². The molecule has 13 heavy (non-hydrogen) atoms. The van der Waals surface area contributed by atoms with Gasteiger partial charge in [0.25, 0.3) is 0 Å². The lowest BCUT2D eigenvalue weighted by Crippen LogP contribution is -2.03. The van der Waals surface area contributed by atoms with Crippen molar-refractivity contribution in [2.45, 2.75) is 6.18 Å². The summed E-state index contributed by atoms with van der Waals surface area (Å²) in [6.45, 7) is 0. The minimum absolute atomic E-state index is 0.585. The number of thiophene rings is 1. The summed E-state index contributed by atoms with van der Waals surface area (Å²) < 4.78 is 36.7. The highest BCUT2D eigenvalue weighted by atomic mass is 32.1. The summed E-state index contributed by atoms with van der Waals surface area (Å²) in [7, 11) is 0. The molecular formula is C9H5F3S. The van der Waals surface area contributed by atoms with Gasteiger partial charge in [0.15, 0.2) is 0 Å². The number of alkyl halides is 3. The summed E-state index contributed by atoms with van der Waals surface area (Å²) in [6.07, 6.45) is -4.24. The van der Waals surface area contributed by atoms with E-state index < -0.39 is 11.7 Å². The number of benzene rings is 1. The second-order valence-corrected chi connectivity index (χ2v) is 3.46. The third-order valence-electron chi connectivity index (χ3n) is 1.80. The SMILES string of the molecule is FC(F)(F)c1ccc2cscc2c1. The van der Waals surface area contributed by atoms with Crippen LogP contribution in [-0.2, 0) is 6.18 Å². The Bertz CT molecular complexity index is 428. The molecule has 0 spiro atoms. The van der Waals surface area contributed by atoms with E-state index in [9.17, 15) is 13.2 Å². The standard InChI is InChI=1S/C9H5F3S/c10-9(11,12)8-2-1-6-4-13-5-7(6)3-8/h1-5H. The van der Waals surface area contributed by atoms with Crippen LogP contribution >= 0.6 is 11.3 Å². The molecule has 0 unspecified atom stereocenters. The van der Waals surface area contributed by atoms with Gasteiger partial charge in [0, 0.05) is 0 Å². The summed E-state index contributed by atoms with van der Waals surface area (Å²) in [5.74, 6) is 0. The Morgan fingerprint density at radius 2 is 1.69 bits per heavy atom. The summed E-state index contributed by atoms with van der Waals surface area (Å²) in [4.78, 5) is 0. The zero-order valence-electron chi connectivity index (χ0n) is 6.43. The number of rotatable bonds is 0. The summed E-state index contributed by atoms with van der Waals surface area (Å²) in [6, 6.07) is 3.77. The molecule has 0 radical (unpaired) electrons. The molecule has 0 amide bonds. The Hall–Kier alpha value is -1.03. The molecule has 0 bridgehead atoms. The van der Waals surface area contributed by atoms with Gasteiger partial charge in [-0.1, -0.05) is 6.07 Å². The van der Waals surface area contributed by atoms with Crippen molar-refractivity contribution in [1.29, 1.82) is 0 Å². The van der Waals surface area contributed by atoms with Crippen LogP contribution in [0, 0.1) is 0 Å². The van der Waals surface area contributed by atoms with Crippen molar-refractivity contribution in [3.63, 3.8) is 0 Å². The van der Waals surface area contributed by atoms with Crippen LogP contribution in [0.3, 0.4) is 0 Å². The highest BCUT2D eigenvalue weighted by Gasteiger charge is 2.30. The molecule has 0 fully saturated rings. The number of halogens is 3. The van der Waals surface area contributed by atoms with Gasteiger partial charge in [-0.15, -0.1) is 0 Å². The van der Waals surface area contributed by atoms with E-state index in [4.69, 9.17) is 0 Å². The molecule has 1 aromatic heterocycles. The fraction of sp³-hybridized carbons (Fsp3) is 0.111. The molecule has 1 heterocycles. The van der Waals surface area contributed by atoms with Gasteiger partial charge >= 0.3 is 6.18 Å². The van der Waals surface area contributed by atoms with E-state index in [-0.39, 0.29) is 0 Å². The van der Waals surface area contributed by atoms with Crippen LogP contribution in [-0.4, -0.2) is 0 Å². The summed E-state index contributed by atoms with van der Waals surface area (Å²) in [5.41, 5.74) is -0.585. The van der Waals surface area contributed by atoms with Gasteiger partial charge in [-0.3, -0.25) is 0 Å². The maximum atomic E-state index is 12.2. The van der Waals surface area contributed by atoms with E-state index in [2.05, 4.69) is 0 Å². The monoisotopic (exact) mass is 202 g/mol. The van der Waals surface area contributed by atoms with Crippen LogP contribution in [0.15, 0.2) is 29.0 Å². The van der Waals surface area contributed by atoms with Crippen LogP contribution in [0.5, 0.6) is 0 Å². The normalized spacial score (nSPS) is 12.2. The van der Waals surface area contributed by atoms with E-state index >= 15 is 0 Å². The first kappa shape index (κ1) is 8.56. The Labute approximate surface area is 76.6 Å². The third kappa shape index (κ3) is 1.54. The largest absolute Gasteiger partial charge is 0.416 e. The third-order valence-corrected chi connectivity index (χ3v) is 2.58. The van der Waals surface area contributed by atoms with Gasteiger partial charge in [0.05, 0.1) is 5.56 Å². The molecule has 0 aliphatic rings. The molecule has 0 nitrogen and oxygen atoms in total. The molecular weight excluding hydrogens is 197 g/mol. The average molecular weight is 202 g/mol. The van der Waals surface area contributed by atoms with E-state index in [0.717, 1.165) is 11.5 Å². The topological polar surface area (TPSA) is 0 Å². The smallest absolute Gasteiger partial charge is 0.166 e. The second-order valence-electron chi connectivity index (χ2n) is 2.71. The first-order chi connectivity index (χ1) is 6.07. The van der Waals surface area contributed by atoms with Crippen molar-refractivity contribution in [3.05, 3.63) is 34.5 Å². The number of fused-ring (bicyclic) bond motifs is 1. The maximum Gasteiger partial charge on any atom is 0.416 e. The van der Waals surface area contributed by atoms with Crippen molar-refractivity contribution >= 4 is 22.1 Å². The lowest BCUT2D eigenvalue weighted by atomic mass is 10.1. The highest BCUT2D eigenvalue weighted by Crippen LogP contribution is 2.32. The van der Waals surface area contributed by atoms with Gasteiger partial charge in [-0.05, 0) is 33.7 Å². The average Bonchev–Trinajstić information content (AvgIpc) is 2.47. The molecule has 1 aromatic carbocycles. The first-order valence-electron chi connectivity index (χ1n) is 3.60. The Balaban J connectivity index is 2.61. The van der Waals surface area contributed by atoms with Gasteiger partial charge in [-0.2, -0.15) is 24.5 Å². The molecule has 0 N–H and O–H groups in total. The Morgan fingerprint density at radius 1 is 1.00 bits per heavy atom. The van der Waals surface area contributed by atoms with Crippen LogP contribution < -0.4 is 0 Å². The van der Waals surface area contributed by atoms with Gasteiger partial charge in [0.2, 0.25) is 0 Å². The Morgan fingerprint density at radius 3 is 2.38 bits per heavy atom. The zero-order chi connectivity index (χ0) is 9.47. The van der Waals surface area contributed by atoms with Crippen LogP contribution in [0.2, 0.25) is 0 Å². The molecule has 0 saturated heterocycles. The maximum absolute atomic E-state index is 12.2. The van der Waals surface area contributed by atoms with Crippen LogP contribution in [0.4, 0.5) is 13.2 Å². The van der Waals surface area contributed by atoms with Crippen molar-refractivity contribution in [2.75, 3.05) is 0 Å². The molecule has 0 aliphatic carbocycles. The summed E-state index contributed by atoms with van der Waals surface area (Å²) >= 11 is 1.40. The molecule has 2 aromatic rings. The van der Waals surface area contributed by atoms with Crippen molar-refractivity contribution in [3.8, 4) is 0 Å². The second kappa shape index (κ2) is 2.73. The molecule has 0 aliphatic heterocycles. The molecule has 4 heteroatoms. The number of hydrogen-bond acceptors (Lipinski definition) is 1. The highest BCUT2D eigenvalue weighted by molar-refractivity contribution is 7.09. The van der Waals surface area contributed by atoms with Crippen LogP contribution in [0.25, 0.3) is 10.8 Å². The lowest BCUT2D eigenvalue weighted by Gasteiger charge is -2.05. The molecule has 0 atom stereocenters. The Kier molecular flexibility index (Phi) is 1.80. The van der Waals surface area contributed by atoms with E-state index in [1.165, 1.54) is 23.5 Å². The van der Waals surface area contributed by atoms with Crippen molar-refractivity contribution in [1.82, 2.24) is 0 Å². The minimum atomic E-state index is -4.24. The quantitative estimate of drug-likeness (QED) is 0.607. The van der Waals surface area contributed by atoms with Crippen molar-refractivity contribution in [2.24, 2.45) is 0 Å². The minimum Gasteiger partial charge on any atom is -0.166 e. The van der Waals surface area contributed by atoms with Gasteiger partial charge < -0.3 is 0 Å². The van der Waals surface area contributed by atoms with E-state index in [0.29, 0.717) is 5.39 Å². The molecule has 2 rings (SSSR count). The fourth-order valence-corrected chi connectivity index (χ4v) is 1.92. The van der Waals surface area contributed by atoms with Gasteiger partial charge in [-0.25, -0.2) is 0 Å². The van der Waals surface area contributed by atoms with Crippen LogP contribution in [0.1, 0.15) is 5.56 Å². The number of hydrogen-bond donors (Lipinski definition) is 0. The predicted octanol–water partition coefficient (Wildman–Crippen LogP) is 3.92. The lowest BCUT2D eigenvalue weighted by molar-refractivity contribution is -0.137. The van der Waals surface area contributed by atoms with Crippen molar-refractivity contribution < 1.29 is 13.2 Å². The molecule has 0 saturated carbocycles. The van der Waals surface area contributed by atoms with E-state index in [1.54, 1.807) is 5.38 Å². The summed E-state index contributed by atoms with van der Waals surface area (Å²) in [5, 5.41) is 5.05. The predicted molar refractivity (Wildman–Crippen MR) is 46.8 cm³/mol. The molecule has 68 valence electrons. The first-order valence-corrected chi connectivity index (χ1v) is 4.55. The fourth-order valence-electron chi connectivity index (χ4n) is 1.14. The zero-order valence-corrected chi connectivity index (χ0v) is 7.25.